The third-order valence-electron chi connectivity index (χ3n) is 3.74. The third-order valence-corrected chi connectivity index (χ3v) is 5.60. The summed E-state index contributed by atoms with van der Waals surface area (Å²) < 4.78 is 1.01. The highest BCUT2D eigenvalue weighted by Gasteiger charge is 2.16. The Morgan fingerprint density at radius 1 is 1.09 bits per heavy atom. The zero-order valence-electron chi connectivity index (χ0n) is 12.9. The monoisotopic (exact) mass is 385 g/mol. The van der Waals surface area contributed by atoms with E-state index in [-0.39, 0.29) is 5.91 Å². The van der Waals surface area contributed by atoms with E-state index in [1.165, 1.54) is 5.56 Å². The van der Waals surface area contributed by atoms with Gasteiger partial charge in [0, 0.05) is 27.3 Å². The van der Waals surface area contributed by atoms with E-state index in [1.54, 1.807) is 16.2 Å². The van der Waals surface area contributed by atoms with Gasteiger partial charge in [0.05, 0.1) is 5.69 Å². The largest absolute Gasteiger partial charge is 0.311 e. The molecule has 2 aromatic carbocycles. The van der Waals surface area contributed by atoms with Crippen molar-refractivity contribution >= 4 is 38.9 Å². The predicted octanol–water partition coefficient (Wildman–Crippen LogP) is 5.76. The molecule has 2 nitrogen and oxygen atoms in total. The Hall–Kier alpha value is -1.91. The number of aryl methyl sites for hydroxylation is 1. The van der Waals surface area contributed by atoms with Gasteiger partial charge in [-0.25, -0.2) is 0 Å². The number of rotatable bonds is 3. The van der Waals surface area contributed by atoms with E-state index in [0.717, 1.165) is 20.6 Å². The predicted molar refractivity (Wildman–Crippen MR) is 101 cm³/mol. The van der Waals surface area contributed by atoms with Crippen molar-refractivity contribution in [3.63, 3.8) is 0 Å². The molecule has 3 rings (SSSR count). The molecule has 0 fully saturated rings. The molecule has 4 heteroatoms. The van der Waals surface area contributed by atoms with E-state index in [2.05, 4.69) is 34.1 Å². The fraction of sp³-hybridized carbons (Fsp3) is 0.105. The summed E-state index contributed by atoms with van der Waals surface area (Å²) >= 11 is 5.11. The van der Waals surface area contributed by atoms with Gasteiger partial charge in [-0.05, 0) is 42.3 Å². The van der Waals surface area contributed by atoms with Gasteiger partial charge in [0.15, 0.2) is 0 Å². The van der Waals surface area contributed by atoms with Crippen LogP contribution < -0.4 is 4.90 Å². The zero-order chi connectivity index (χ0) is 16.4. The molecule has 23 heavy (non-hydrogen) atoms. The third kappa shape index (κ3) is 3.38. The van der Waals surface area contributed by atoms with Crippen molar-refractivity contribution in [1.82, 2.24) is 0 Å². The van der Waals surface area contributed by atoms with Crippen molar-refractivity contribution in [3.05, 3.63) is 75.6 Å². The summed E-state index contributed by atoms with van der Waals surface area (Å²) in [6, 6.07) is 17.9. The zero-order valence-corrected chi connectivity index (χ0v) is 15.3. The summed E-state index contributed by atoms with van der Waals surface area (Å²) in [5.41, 5.74) is 3.84. The maximum atomic E-state index is 12.7. The van der Waals surface area contributed by atoms with Gasteiger partial charge in [-0.3, -0.25) is 4.79 Å². The van der Waals surface area contributed by atoms with Gasteiger partial charge in [-0.1, -0.05) is 46.3 Å². The lowest BCUT2D eigenvalue weighted by molar-refractivity contribution is 0.0993. The fourth-order valence-electron chi connectivity index (χ4n) is 2.34. The first-order valence-corrected chi connectivity index (χ1v) is 8.91. The maximum absolute atomic E-state index is 12.7. The van der Waals surface area contributed by atoms with Crippen molar-refractivity contribution in [1.29, 1.82) is 0 Å². The molecule has 0 aliphatic carbocycles. The second-order valence-electron chi connectivity index (χ2n) is 5.36. The molecule has 0 aliphatic heterocycles. The lowest BCUT2D eigenvalue weighted by atomic mass is 10.1. The Kier molecular flexibility index (Phi) is 4.64. The van der Waals surface area contributed by atoms with Crippen molar-refractivity contribution in [2.75, 3.05) is 11.9 Å². The number of hydrogen-bond acceptors (Lipinski definition) is 2. The molecule has 0 N–H and O–H groups in total. The molecule has 0 unspecified atom stereocenters. The van der Waals surface area contributed by atoms with Gasteiger partial charge in [-0.15, -0.1) is 11.3 Å². The van der Waals surface area contributed by atoms with Gasteiger partial charge in [0.25, 0.3) is 5.91 Å². The molecule has 0 saturated carbocycles. The Labute approximate surface area is 148 Å². The molecule has 0 bridgehead atoms. The summed E-state index contributed by atoms with van der Waals surface area (Å²) in [5, 5.41) is 2.02. The normalized spacial score (nSPS) is 10.6. The molecule has 1 amide bonds. The van der Waals surface area contributed by atoms with Gasteiger partial charge in [0.1, 0.15) is 0 Å². The van der Waals surface area contributed by atoms with E-state index in [4.69, 9.17) is 0 Å². The first-order chi connectivity index (χ1) is 11.1. The fourth-order valence-corrected chi connectivity index (χ4v) is 3.53. The van der Waals surface area contributed by atoms with E-state index in [9.17, 15) is 4.79 Å². The number of carbonyl (C=O) groups excluding carboxylic acids is 1. The van der Waals surface area contributed by atoms with Gasteiger partial charge in [-0.2, -0.15) is 0 Å². The van der Waals surface area contributed by atoms with Crippen molar-refractivity contribution < 1.29 is 4.79 Å². The van der Waals surface area contributed by atoms with Crippen LogP contribution in [0, 0.1) is 6.92 Å². The Morgan fingerprint density at radius 2 is 1.83 bits per heavy atom. The smallest absolute Gasteiger partial charge is 0.258 e. The van der Waals surface area contributed by atoms with E-state index >= 15 is 0 Å². The number of halogens is 1. The SMILES string of the molecule is Cc1cc(C(=O)N(C)c2csc(-c3ccccc3)c2)ccc1Br. The standard InChI is InChI=1S/C19H16BrNOS/c1-13-10-15(8-9-17(13)20)19(22)21(2)16-11-18(23-12-16)14-6-4-3-5-7-14/h3-12H,1-2H3. The van der Waals surface area contributed by atoms with Crippen LogP contribution in [0.2, 0.25) is 0 Å². The molecule has 0 saturated heterocycles. The van der Waals surface area contributed by atoms with Crippen LogP contribution in [0.25, 0.3) is 10.4 Å². The number of benzene rings is 2. The molecule has 0 radical (unpaired) electrons. The summed E-state index contributed by atoms with van der Waals surface area (Å²) in [6.07, 6.45) is 0. The van der Waals surface area contributed by atoms with Crippen LogP contribution in [0.3, 0.4) is 0 Å². The number of amides is 1. The van der Waals surface area contributed by atoms with Crippen LogP contribution in [0.15, 0.2) is 64.5 Å². The minimum atomic E-state index is -0.00184. The molecule has 0 atom stereocenters. The maximum Gasteiger partial charge on any atom is 0.258 e. The number of hydrogen-bond donors (Lipinski definition) is 0. The average molecular weight is 386 g/mol. The first-order valence-electron chi connectivity index (χ1n) is 7.24. The number of nitrogens with zero attached hydrogens (tertiary/aromatic N) is 1. The van der Waals surface area contributed by atoms with Gasteiger partial charge < -0.3 is 4.90 Å². The summed E-state index contributed by atoms with van der Waals surface area (Å²) in [4.78, 5) is 15.5. The van der Waals surface area contributed by atoms with Crippen LogP contribution in [0.5, 0.6) is 0 Å². The van der Waals surface area contributed by atoms with Crippen molar-refractivity contribution in [2.45, 2.75) is 6.92 Å². The van der Waals surface area contributed by atoms with Crippen LogP contribution >= 0.6 is 27.3 Å². The van der Waals surface area contributed by atoms with E-state index < -0.39 is 0 Å². The molecule has 116 valence electrons. The summed E-state index contributed by atoms with van der Waals surface area (Å²) in [7, 11) is 1.82. The Balaban J connectivity index is 1.85. The quantitative estimate of drug-likeness (QED) is 0.560. The lowest BCUT2D eigenvalue weighted by Gasteiger charge is -2.16. The highest BCUT2D eigenvalue weighted by Crippen LogP contribution is 2.32. The number of thiophene rings is 1. The molecular formula is C19H16BrNOS. The highest BCUT2D eigenvalue weighted by molar-refractivity contribution is 9.10. The average Bonchev–Trinajstić information content (AvgIpc) is 3.07. The minimum absolute atomic E-state index is 0.00184. The molecule has 1 heterocycles. The second kappa shape index (κ2) is 6.69. The minimum Gasteiger partial charge on any atom is -0.311 e. The van der Waals surface area contributed by atoms with Gasteiger partial charge in [0.2, 0.25) is 0 Å². The van der Waals surface area contributed by atoms with E-state index in [1.807, 2.05) is 55.7 Å². The molecular weight excluding hydrogens is 370 g/mol. The molecule has 0 aliphatic rings. The highest BCUT2D eigenvalue weighted by atomic mass is 79.9. The second-order valence-corrected chi connectivity index (χ2v) is 7.13. The Morgan fingerprint density at radius 3 is 2.52 bits per heavy atom. The number of anilines is 1. The van der Waals surface area contributed by atoms with Crippen molar-refractivity contribution in [3.8, 4) is 10.4 Å². The first kappa shape index (κ1) is 16.0. The topological polar surface area (TPSA) is 20.3 Å². The molecule has 3 aromatic rings. The lowest BCUT2D eigenvalue weighted by Crippen LogP contribution is -2.25. The van der Waals surface area contributed by atoms with Crippen LogP contribution in [0.1, 0.15) is 15.9 Å². The van der Waals surface area contributed by atoms with Gasteiger partial charge >= 0.3 is 0 Å². The van der Waals surface area contributed by atoms with Crippen LogP contribution in [-0.2, 0) is 0 Å². The summed E-state index contributed by atoms with van der Waals surface area (Å²) in [5.74, 6) is -0.00184. The number of carbonyl (C=O) groups is 1. The van der Waals surface area contributed by atoms with Crippen molar-refractivity contribution in [2.24, 2.45) is 0 Å². The van der Waals surface area contributed by atoms with E-state index in [0.29, 0.717) is 5.56 Å². The molecule has 0 spiro atoms. The molecule has 1 aromatic heterocycles. The van der Waals surface area contributed by atoms with Crippen LogP contribution in [0.4, 0.5) is 5.69 Å². The van der Waals surface area contributed by atoms with Crippen LogP contribution in [-0.4, -0.2) is 13.0 Å². The summed E-state index contributed by atoms with van der Waals surface area (Å²) in [6.45, 7) is 1.99. The Bertz CT molecular complexity index is 842.